The summed E-state index contributed by atoms with van der Waals surface area (Å²) in [5, 5.41) is 3.61. The second-order valence-electron chi connectivity index (χ2n) is 5.77. The molecule has 1 aliphatic carbocycles. The zero-order chi connectivity index (χ0) is 15.2. The van der Waals surface area contributed by atoms with Crippen molar-refractivity contribution in [1.82, 2.24) is 5.32 Å². The van der Waals surface area contributed by atoms with Crippen LogP contribution in [0.4, 0.5) is 0 Å². The molecule has 116 valence electrons. The Balaban J connectivity index is 1.76. The molecule has 2 rings (SSSR count). The quantitative estimate of drug-likeness (QED) is 0.814. The maximum Gasteiger partial charge on any atom is 0.308 e. The number of esters is 1. The van der Waals surface area contributed by atoms with Crippen LogP contribution in [0, 0.1) is 12.8 Å². The Hall–Kier alpha value is -0.870. The number of benzene rings is 1. The highest BCUT2D eigenvalue weighted by Crippen LogP contribution is 2.26. The van der Waals surface area contributed by atoms with Crippen LogP contribution in [0.1, 0.15) is 43.7 Å². The molecule has 0 radical (unpaired) electrons. The summed E-state index contributed by atoms with van der Waals surface area (Å²) in [6.07, 6.45) is 3.99. The molecule has 1 N–H and O–H groups in total. The molecule has 3 nitrogen and oxygen atoms in total. The summed E-state index contributed by atoms with van der Waals surface area (Å²) in [6, 6.07) is 6.97. The van der Waals surface area contributed by atoms with Gasteiger partial charge in [-0.3, -0.25) is 4.79 Å². The minimum atomic E-state index is -0.0144. The lowest BCUT2D eigenvalue weighted by Gasteiger charge is -2.28. The SMILES string of the molecule is CCOC(=O)C1CCC(NCc2ccc(Br)c(C)c2)CC1. The highest BCUT2D eigenvalue weighted by molar-refractivity contribution is 9.10. The first kappa shape index (κ1) is 16.5. The molecule has 1 aliphatic rings. The van der Waals surface area contributed by atoms with E-state index >= 15 is 0 Å². The van der Waals surface area contributed by atoms with Crippen LogP contribution in [0.25, 0.3) is 0 Å². The molecule has 4 heteroatoms. The second-order valence-corrected chi connectivity index (χ2v) is 6.62. The van der Waals surface area contributed by atoms with E-state index in [9.17, 15) is 4.79 Å². The molecule has 0 amide bonds. The van der Waals surface area contributed by atoms with Crippen molar-refractivity contribution in [3.8, 4) is 0 Å². The molecule has 0 bridgehead atoms. The van der Waals surface area contributed by atoms with Gasteiger partial charge >= 0.3 is 5.97 Å². The number of carbonyl (C=O) groups is 1. The van der Waals surface area contributed by atoms with Crippen molar-refractivity contribution in [2.24, 2.45) is 5.92 Å². The highest BCUT2D eigenvalue weighted by Gasteiger charge is 2.26. The fraction of sp³-hybridized carbons (Fsp3) is 0.588. The fourth-order valence-corrected chi connectivity index (χ4v) is 3.12. The van der Waals surface area contributed by atoms with E-state index in [1.807, 2.05) is 6.92 Å². The van der Waals surface area contributed by atoms with Gasteiger partial charge in [0.15, 0.2) is 0 Å². The lowest BCUT2D eigenvalue weighted by molar-refractivity contribution is -0.149. The Labute approximate surface area is 135 Å². The summed E-state index contributed by atoms with van der Waals surface area (Å²) in [6.45, 7) is 5.35. The van der Waals surface area contributed by atoms with Crippen LogP contribution in [0.2, 0.25) is 0 Å². The van der Waals surface area contributed by atoms with Crippen LogP contribution < -0.4 is 5.32 Å². The summed E-state index contributed by atoms with van der Waals surface area (Å²) < 4.78 is 6.26. The average molecular weight is 354 g/mol. The molecule has 0 heterocycles. The molecular weight excluding hydrogens is 330 g/mol. The van der Waals surface area contributed by atoms with Gasteiger partial charge in [-0.15, -0.1) is 0 Å². The lowest BCUT2D eigenvalue weighted by Crippen LogP contribution is -2.35. The average Bonchev–Trinajstić information content (AvgIpc) is 2.49. The first-order valence-corrected chi connectivity index (χ1v) is 8.54. The molecule has 1 saturated carbocycles. The number of carbonyl (C=O) groups excluding carboxylic acids is 1. The predicted octanol–water partition coefficient (Wildman–Crippen LogP) is 3.97. The number of halogens is 1. The third kappa shape index (κ3) is 4.82. The van der Waals surface area contributed by atoms with E-state index in [-0.39, 0.29) is 11.9 Å². The van der Waals surface area contributed by atoms with Crippen LogP contribution >= 0.6 is 15.9 Å². The predicted molar refractivity (Wildman–Crippen MR) is 88.1 cm³/mol. The number of ether oxygens (including phenoxy) is 1. The van der Waals surface area contributed by atoms with Crippen molar-refractivity contribution in [3.05, 3.63) is 33.8 Å². The molecule has 0 spiro atoms. The van der Waals surface area contributed by atoms with Crippen LogP contribution in [-0.2, 0) is 16.1 Å². The van der Waals surface area contributed by atoms with Gasteiger partial charge in [0.25, 0.3) is 0 Å². The Morgan fingerprint density at radius 3 is 2.67 bits per heavy atom. The van der Waals surface area contributed by atoms with E-state index in [0.717, 1.165) is 36.7 Å². The largest absolute Gasteiger partial charge is 0.466 e. The van der Waals surface area contributed by atoms with Gasteiger partial charge in [-0.25, -0.2) is 0 Å². The van der Waals surface area contributed by atoms with Crippen molar-refractivity contribution in [3.63, 3.8) is 0 Å². The van der Waals surface area contributed by atoms with Crippen molar-refractivity contribution < 1.29 is 9.53 Å². The molecule has 0 unspecified atom stereocenters. The van der Waals surface area contributed by atoms with Crippen molar-refractivity contribution in [2.75, 3.05) is 6.61 Å². The number of hydrogen-bond acceptors (Lipinski definition) is 3. The zero-order valence-corrected chi connectivity index (χ0v) is 14.4. The minimum Gasteiger partial charge on any atom is -0.466 e. The maximum atomic E-state index is 11.7. The van der Waals surface area contributed by atoms with E-state index in [0.29, 0.717) is 12.6 Å². The van der Waals surface area contributed by atoms with Crippen molar-refractivity contribution in [1.29, 1.82) is 0 Å². The summed E-state index contributed by atoms with van der Waals surface area (Å²) >= 11 is 3.53. The number of aryl methyl sites for hydroxylation is 1. The summed E-state index contributed by atoms with van der Waals surface area (Å²) in [5.41, 5.74) is 2.57. The normalized spacial score (nSPS) is 22.0. The van der Waals surface area contributed by atoms with Crippen LogP contribution in [0.3, 0.4) is 0 Å². The molecule has 21 heavy (non-hydrogen) atoms. The monoisotopic (exact) mass is 353 g/mol. The molecular formula is C17H24BrNO2. The first-order valence-electron chi connectivity index (χ1n) is 7.75. The van der Waals surface area contributed by atoms with Crippen LogP contribution in [-0.4, -0.2) is 18.6 Å². The van der Waals surface area contributed by atoms with E-state index in [2.05, 4.69) is 46.4 Å². The van der Waals surface area contributed by atoms with Crippen molar-refractivity contribution >= 4 is 21.9 Å². The van der Waals surface area contributed by atoms with Gasteiger partial charge < -0.3 is 10.1 Å². The van der Waals surface area contributed by atoms with Crippen LogP contribution in [0.5, 0.6) is 0 Å². The molecule has 0 atom stereocenters. The van der Waals surface area contributed by atoms with Gasteiger partial charge in [-0.1, -0.05) is 28.1 Å². The van der Waals surface area contributed by atoms with E-state index < -0.39 is 0 Å². The van der Waals surface area contributed by atoms with E-state index in [1.54, 1.807) is 0 Å². The number of nitrogens with one attached hydrogen (secondary N) is 1. The molecule has 1 aromatic rings. The van der Waals surface area contributed by atoms with E-state index in [1.165, 1.54) is 11.1 Å². The molecule has 0 aliphatic heterocycles. The summed E-state index contributed by atoms with van der Waals surface area (Å²) in [5.74, 6) is 0.0948. The summed E-state index contributed by atoms with van der Waals surface area (Å²) in [4.78, 5) is 11.7. The van der Waals surface area contributed by atoms with Crippen molar-refractivity contribution in [2.45, 2.75) is 52.1 Å². The fourth-order valence-electron chi connectivity index (χ4n) is 2.87. The summed E-state index contributed by atoms with van der Waals surface area (Å²) in [7, 11) is 0. The van der Waals surface area contributed by atoms with Gasteiger partial charge in [0.2, 0.25) is 0 Å². The van der Waals surface area contributed by atoms with Gasteiger partial charge in [-0.05, 0) is 56.7 Å². The standard InChI is InChI=1S/C17H24BrNO2/c1-3-21-17(20)14-5-7-15(8-6-14)19-11-13-4-9-16(18)12(2)10-13/h4,9-10,14-15,19H,3,5-8,11H2,1-2H3. The Morgan fingerprint density at radius 1 is 1.33 bits per heavy atom. The van der Waals surface area contributed by atoms with E-state index in [4.69, 9.17) is 4.74 Å². The smallest absolute Gasteiger partial charge is 0.308 e. The minimum absolute atomic E-state index is 0.0144. The van der Waals surface area contributed by atoms with Gasteiger partial charge in [0, 0.05) is 17.1 Å². The molecule has 0 aromatic heterocycles. The Bertz CT molecular complexity index is 482. The lowest BCUT2D eigenvalue weighted by atomic mass is 9.86. The molecule has 1 aromatic carbocycles. The number of rotatable bonds is 5. The van der Waals surface area contributed by atoms with Gasteiger partial charge in [0.05, 0.1) is 12.5 Å². The second kappa shape index (κ2) is 7.95. The Morgan fingerprint density at radius 2 is 2.05 bits per heavy atom. The Kier molecular flexibility index (Phi) is 6.24. The maximum absolute atomic E-state index is 11.7. The highest BCUT2D eigenvalue weighted by atomic mass is 79.9. The van der Waals surface area contributed by atoms with Crippen LogP contribution in [0.15, 0.2) is 22.7 Å². The molecule has 1 fully saturated rings. The first-order chi connectivity index (χ1) is 10.1. The van der Waals surface area contributed by atoms with Gasteiger partial charge in [-0.2, -0.15) is 0 Å². The van der Waals surface area contributed by atoms with Gasteiger partial charge in [0.1, 0.15) is 0 Å². The zero-order valence-electron chi connectivity index (χ0n) is 12.8. The third-order valence-corrected chi connectivity index (χ3v) is 5.05. The topological polar surface area (TPSA) is 38.3 Å². The number of hydrogen-bond donors (Lipinski definition) is 1. The third-order valence-electron chi connectivity index (χ3n) is 4.16. The molecule has 0 saturated heterocycles.